The van der Waals surface area contributed by atoms with Crippen LogP contribution in [0.2, 0.25) is 0 Å². The predicted molar refractivity (Wildman–Crippen MR) is 56.7 cm³/mol. The van der Waals surface area contributed by atoms with Crippen molar-refractivity contribution in [2.45, 2.75) is 6.92 Å². The maximum atomic E-state index is 5.11. The van der Waals surface area contributed by atoms with Crippen molar-refractivity contribution < 1.29 is 4.42 Å². The molecule has 0 bridgehead atoms. The first kappa shape index (κ1) is 10.0. The second kappa shape index (κ2) is 4.86. The maximum absolute atomic E-state index is 5.11. The zero-order chi connectivity index (χ0) is 10.4. The molecule has 1 rings (SSSR count). The van der Waals surface area contributed by atoms with Crippen molar-refractivity contribution in [1.29, 1.82) is 0 Å². The van der Waals surface area contributed by atoms with Crippen molar-refractivity contribution in [3.05, 3.63) is 30.2 Å². The number of rotatable bonds is 3. The maximum Gasteiger partial charge on any atom is 0.211 e. The lowest BCUT2D eigenvalue weighted by Gasteiger charge is -1.88. The van der Waals surface area contributed by atoms with Gasteiger partial charge in [0.05, 0.1) is 12.0 Å². The number of hydrogen-bond donors (Lipinski definition) is 2. The Hall–Kier alpha value is -2.04. The van der Waals surface area contributed by atoms with E-state index in [4.69, 9.17) is 15.9 Å². The van der Waals surface area contributed by atoms with Crippen LogP contribution in [0.4, 0.5) is 0 Å². The molecule has 1 aromatic heterocycles. The van der Waals surface area contributed by atoms with E-state index >= 15 is 0 Å². The van der Waals surface area contributed by atoms with Crippen LogP contribution in [-0.4, -0.2) is 11.7 Å². The number of hydrogen-bond acceptors (Lipinski definition) is 3. The fourth-order valence-electron chi connectivity index (χ4n) is 0.759. The van der Waals surface area contributed by atoms with Gasteiger partial charge in [0.15, 0.2) is 0 Å². The van der Waals surface area contributed by atoms with Gasteiger partial charge in [-0.3, -0.25) is 0 Å². The smallest absolute Gasteiger partial charge is 0.211 e. The highest BCUT2D eigenvalue weighted by molar-refractivity contribution is 5.96. The normalized spacial score (nSPS) is 11.9. The Balaban J connectivity index is 2.61. The van der Waals surface area contributed by atoms with E-state index in [9.17, 15) is 0 Å². The molecule has 14 heavy (non-hydrogen) atoms. The zero-order valence-corrected chi connectivity index (χ0v) is 7.84. The van der Waals surface area contributed by atoms with E-state index in [0.717, 1.165) is 5.76 Å². The molecule has 0 unspecified atom stereocenters. The first-order valence-corrected chi connectivity index (χ1v) is 4.03. The highest BCUT2D eigenvalue weighted by Crippen LogP contribution is 2.02. The van der Waals surface area contributed by atoms with E-state index in [0.29, 0.717) is 5.71 Å². The second-order valence-electron chi connectivity index (χ2n) is 2.61. The summed E-state index contributed by atoms with van der Waals surface area (Å²) in [4.78, 5) is 0. The molecule has 5 heteroatoms. The molecule has 0 aromatic carbocycles. The van der Waals surface area contributed by atoms with Crippen LogP contribution < -0.4 is 11.5 Å². The average Bonchev–Trinajstić information content (AvgIpc) is 2.63. The topological polar surface area (TPSA) is 89.9 Å². The fraction of sp³-hybridized carbons (Fsp3) is 0.111. The molecule has 74 valence electrons. The van der Waals surface area contributed by atoms with Gasteiger partial charge in [-0.1, -0.05) is 0 Å². The van der Waals surface area contributed by atoms with Crippen LogP contribution in [-0.2, 0) is 0 Å². The highest BCUT2D eigenvalue weighted by atomic mass is 16.3. The second-order valence-corrected chi connectivity index (χ2v) is 2.61. The van der Waals surface area contributed by atoms with Gasteiger partial charge in [-0.25, -0.2) is 0 Å². The van der Waals surface area contributed by atoms with Crippen molar-refractivity contribution >= 4 is 17.7 Å². The molecule has 5 nitrogen and oxygen atoms in total. The van der Waals surface area contributed by atoms with Gasteiger partial charge in [-0.15, -0.1) is 5.10 Å². The molecule has 0 fully saturated rings. The molecule has 0 spiro atoms. The lowest BCUT2D eigenvalue weighted by molar-refractivity contribution is 0.557. The molecular formula is C9H12N4O. The van der Waals surface area contributed by atoms with E-state index in [1.807, 2.05) is 12.1 Å². The van der Waals surface area contributed by atoms with Crippen LogP contribution in [0.25, 0.3) is 6.08 Å². The van der Waals surface area contributed by atoms with Crippen molar-refractivity contribution in [2.24, 2.45) is 21.7 Å². The number of furan rings is 1. The largest absolute Gasteiger partial charge is 0.465 e. The third-order valence-corrected chi connectivity index (χ3v) is 1.36. The molecule has 1 aromatic rings. The Morgan fingerprint density at radius 2 is 2.21 bits per heavy atom. The first-order chi connectivity index (χ1) is 6.68. The zero-order valence-electron chi connectivity index (χ0n) is 7.84. The van der Waals surface area contributed by atoms with Crippen LogP contribution in [0.1, 0.15) is 12.7 Å². The molecule has 4 N–H and O–H groups in total. The molecular weight excluding hydrogens is 180 g/mol. The van der Waals surface area contributed by atoms with Crippen LogP contribution >= 0.6 is 0 Å². The Bertz CT molecular complexity index is 358. The molecule has 0 saturated heterocycles. The summed E-state index contributed by atoms with van der Waals surface area (Å²) in [7, 11) is 0. The van der Waals surface area contributed by atoms with Gasteiger partial charge in [0.2, 0.25) is 5.96 Å². The Morgan fingerprint density at radius 3 is 2.79 bits per heavy atom. The minimum absolute atomic E-state index is 0.0595. The third kappa shape index (κ3) is 3.57. The van der Waals surface area contributed by atoms with Crippen molar-refractivity contribution in [2.75, 3.05) is 0 Å². The summed E-state index contributed by atoms with van der Waals surface area (Å²) < 4.78 is 5.08. The van der Waals surface area contributed by atoms with E-state index in [-0.39, 0.29) is 5.96 Å². The average molecular weight is 192 g/mol. The molecule has 0 saturated carbocycles. The number of nitrogens with zero attached hydrogens (tertiary/aromatic N) is 2. The van der Waals surface area contributed by atoms with E-state index < -0.39 is 0 Å². The molecule has 0 atom stereocenters. The van der Waals surface area contributed by atoms with Crippen LogP contribution in [0.3, 0.4) is 0 Å². The molecule has 0 aliphatic rings. The van der Waals surface area contributed by atoms with Gasteiger partial charge >= 0.3 is 0 Å². The van der Waals surface area contributed by atoms with Gasteiger partial charge in [-0.2, -0.15) is 5.10 Å². The monoisotopic (exact) mass is 192 g/mol. The van der Waals surface area contributed by atoms with E-state index in [2.05, 4.69) is 10.2 Å². The number of allylic oxidation sites excluding steroid dienone is 1. The third-order valence-electron chi connectivity index (χ3n) is 1.36. The fourth-order valence-corrected chi connectivity index (χ4v) is 0.759. The Morgan fingerprint density at radius 1 is 1.43 bits per heavy atom. The van der Waals surface area contributed by atoms with Gasteiger partial charge < -0.3 is 15.9 Å². The van der Waals surface area contributed by atoms with Crippen LogP contribution in [0, 0.1) is 0 Å². The number of guanidine groups is 1. The summed E-state index contributed by atoms with van der Waals surface area (Å²) in [5, 5.41) is 7.25. The molecule has 0 aliphatic heterocycles. The van der Waals surface area contributed by atoms with Crippen LogP contribution in [0.5, 0.6) is 0 Å². The molecule has 0 aliphatic carbocycles. The number of nitrogens with two attached hydrogens (primary N) is 2. The molecule has 0 amide bonds. The summed E-state index contributed by atoms with van der Waals surface area (Å²) in [6, 6.07) is 3.65. The Kier molecular flexibility index (Phi) is 3.49. The molecule has 0 radical (unpaired) electrons. The summed E-state index contributed by atoms with van der Waals surface area (Å²) in [6.07, 6.45) is 5.13. The van der Waals surface area contributed by atoms with Gasteiger partial charge in [0, 0.05) is 0 Å². The Labute approximate surface area is 81.8 Å². The summed E-state index contributed by atoms with van der Waals surface area (Å²) >= 11 is 0. The SMILES string of the molecule is CC(/C=C/c1ccco1)=N/N=C(N)N. The standard InChI is InChI=1S/C9H12N4O/c1-7(12-13-9(10)11)4-5-8-3-2-6-14-8/h2-6H,1H3,(H4,10,11,13)/b5-4+,12-7-. The van der Waals surface area contributed by atoms with E-state index in [1.165, 1.54) is 0 Å². The summed E-state index contributed by atoms with van der Waals surface area (Å²) in [5.41, 5.74) is 10.9. The van der Waals surface area contributed by atoms with Crippen LogP contribution in [0.15, 0.2) is 39.1 Å². The lowest BCUT2D eigenvalue weighted by Crippen LogP contribution is -2.21. The van der Waals surface area contributed by atoms with Crippen molar-refractivity contribution in [1.82, 2.24) is 0 Å². The molecule has 1 heterocycles. The van der Waals surface area contributed by atoms with Gasteiger partial charge in [0.25, 0.3) is 0 Å². The lowest BCUT2D eigenvalue weighted by atomic mass is 10.3. The summed E-state index contributed by atoms with van der Waals surface area (Å²) in [5.74, 6) is 0.694. The minimum Gasteiger partial charge on any atom is -0.465 e. The highest BCUT2D eigenvalue weighted by Gasteiger charge is 1.88. The first-order valence-electron chi connectivity index (χ1n) is 4.03. The van der Waals surface area contributed by atoms with Gasteiger partial charge in [-0.05, 0) is 31.2 Å². The van der Waals surface area contributed by atoms with Gasteiger partial charge in [0.1, 0.15) is 5.76 Å². The quantitative estimate of drug-likeness (QED) is 0.424. The van der Waals surface area contributed by atoms with Crippen molar-refractivity contribution in [3.63, 3.8) is 0 Å². The summed E-state index contributed by atoms with van der Waals surface area (Å²) in [6.45, 7) is 1.78. The predicted octanol–water partition coefficient (Wildman–Crippen LogP) is 0.942. The minimum atomic E-state index is -0.0595. The van der Waals surface area contributed by atoms with E-state index in [1.54, 1.807) is 25.3 Å². The van der Waals surface area contributed by atoms with Crippen molar-refractivity contribution in [3.8, 4) is 0 Å².